The van der Waals surface area contributed by atoms with E-state index in [1.807, 2.05) is 18.3 Å². The molecule has 0 amide bonds. The molecule has 0 spiro atoms. The number of H-pyrrole nitrogens is 1. The molecule has 0 fully saturated rings. The largest absolute Gasteiger partial charge is 0.487 e. The average Bonchev–Trinajstić information content (AvgIpc) is 2.82. The van der Waals surface area contributed by atoms with Gasteiger partial charge in [-0.1, -0.05) is 6.08 Å². The fourth-order valence-electron chi connectivity index (χ4n) is 1.78. The van der Waals surface area contributed by atoms with Gasteiger partial charge >= 0.3 is 0 Å². The highest BCUT2D eigenvalue weighted by Gasteiger charge is 2.07. The molecule has 98 valence electrons. The molecule has 2 aromatic heterocycles. The third-order valence-electron chi connectivity index (χ3n) is 2.72. The van der Waals surface area contributed by atoms with Crippen molar-refractivity contribution in [1.82, 2.24) is 9.97 Å². The van der Waals surface area contributed by atoms with E-state index in [1.165, 1.54) is 6.08 Å². The Kier molecular flexibility index (Phi) is 4.16. The summed E-state index contributed by atoms with van der Waals surface area (Å²) in [6.45, 7) is 1.75. The number of nitrogens with one attached hydrogen (secondary N) is 1. The fraction of sp³-hybridized carbons (Fsp3) is 0.286. The van der Waals surface area contributed by atoms with Crippen molar-refractivity contribution in [2.75, 3.05) is 6.61 Å². The normalized spacial score (nSPS) is 12.7. The number of hydrogen-bond donors (Lipinski definition) is 2. The van der Waals surface area contributed by atoms with Crippen LogP contribution in [0.3, 0.4) is 0 Å². The molecular formula is C14H15N3O2. The summed E-state index contributed by atoms with van der Waals surface area (Å²) in [4.78, 5) is 7.34. The minimum Gasteiger partial charge on any atom is -0.487 e. The van der Waals surface area contributed by atoms with Gasteiger partial charge in [0.2, 0.25) is 0 Å². The first-order chi connectivity index (χ1) is 9.24. The Morgan fingerprint density at radius 3 is 3.21 bits per heavy atom. The third-order valence-corrected chi connectivity index (χ3v) is 2.72. The van der Waals surface area contributed by atoms with Crippen LogP contribution in [0.4, 0.5) is 0 Å². The van der Waals surface area contributed by atoms with E-state index in [4.69, 9.17) is 15.1 Å². The van der Waals surface area contributed by atoms with Gasteiger partial charge < -0.3 is 14.8 Å². The van der Waals surface area contributed by atoms with E-state index >= 15 is 0 Å². The molecule has 0 aliphatic rings. The van der Waals surface area contributed by atoms with Gasteiger partial charge in [0.1, 0.15) is 17.5 Å². The molecule has 19 heavy (non-hydrogen) atoms. The fourth-order valence-corrected chi connectivity index (χ4v) is 1.78. The maximum absolute atomic E-state index is 8.98. The van der Waals surface area contributed by atoms with E-state index in [2.05, 4.69) is 9.97 Å². The molecule has 0 saturated carbocycles. The number of pyridine rings is 1. The Morgan fingerprint density at radius 1 is 1.63 bits per heavy atom. The highest BCUT2D eigenvalue weighted by atomic mass is 16.5. The van der Waals surface area contributed by atoms with E-state index in [-0.39, 0.29) is 12.7 Å². The Morgan fingerprint density at radius 2 is 2.47 bits per heavy atom. The van der Waals surface area contributed by atoms with Gasteiger partial charge in [-0.15, -0.1) is 0 Å². The lowest BCUT2D eigenvalue weighted by Crippen LogP contribution is -2.16. The van der Waals surface area contributed by atoms with Crippen molar-refractivity contribution in [3.05, 3.63) is 36.2 Å². The molecule has 5 nitrogen and oxygen atoms in total. The maximum Gasteiger partial charge on any atom is 0.138 e. The van der Waals surface area contributed by atoms with Gasteiger partial charge in [-0.05, 0) is 25.0 Å². The van der Waals surface area contributed by atoms with Gasteiger partial charge in [-0.3, -0.25) is 0 Å². The van der Waals surface area contributed by atoms with Crippen LogP contribution in [-0.2, 0) is 6.42 Å². The number of ether oxygens (including phenoxy) is 1. The zero-order valence-corrected chi connectivity index (χ0v) is 10.6. The van der Waals surface area contributed by atoms with E-state index in [9.17, 15) is 0 Å². The summed E-state index contributed by atoms with van der Waals surface area (Å²) in [6.07, 6.45) is 7.15. The number of aliphatic hydroxyl groups excluding tert-OH is 1. The second-order valence-corrected chi connectivity index (χ2v) is 4.23. The number of hydrogen-bond acceptors (Lipinski definition) is 4. The molecule has 0 saturated heterocycles. The average molecular weight is 257 g/mol. The Bertz CT molecular complexity index is 625. The first-order valence-electron chi connectivity index (χ1n) is 6.02. The Labute approximate surface area is 111 Å². The zero-order chi connectivity index (χ0) is 13.7. The van der Waals surface area contributed by atoms with Gasteiger partial charge in [0.15, 0.2) is 0 Å². The number of allylic oxidation sites excluding steroid dienone is 2. The maximum atomic E-state index is 8.98. The van der Waals surface area contributed by atoms with Crippen molar-refractivity contribution >= 4 is 11.0 Å². The van der Waals surface area contributed by atoms with Crippen LogP contribution in [0.5, 0.6) is 5.75 Å². The predicted molar refractivity (Wildman–Crippen MR) is 71.7 cm³/mol. The summed E-state index contributed by atoms with van der Waals surface area (Å²) in [6, 6.07) is 3.85. The van der Waals surface area contributed by atoms with Crippen molar-refractivity contribution in [2.24, 2.45) is 0 Å². The molecule has 0 bridgehead atoms. The second-order valence-electron chi connectivity index (χ2n) is 4.23. The van der Waals surface area contributed by atoms with Crippen LogP contribution in [0, 0.1) is 11.3 Å². The van der Waals surface area contributed by atoms with Crippen molar-refractivity contribution in [1.29, 1.82) is 5.26 Å². The number of aromatic nitrogens is 2. The van der Waals surface area contributed by atoms with Gasteiger partial charge in [-0.2, -0.15) is 5.26 Å². The minimum absolute atomic E-state index is 0.0388. The number of fused-ring (bicyclic) bond motifs is 1. The van der Waals surface area contributed by atoms with Gasteiger partial charge in [-0.25, -0.2) is 4.98 Å². The van der Waals surface area contributed by atoms with Crippen LogP contribution >= 0.6 is 0 Å². The lowest BCUT2D eigenvalue weighted by atomic mass is 10.1. The molecule has 0 aliphatic heterocycles. The third kappa shape index (κ3) is 3.12. The molecule has 0 aromatic carbocycles. The topological polar surface area (TPSA) is 81.9 Å². The van der Waals surface area contributed by atoms with Crippen molar-refractivity contribution in [3.63, 3.8) is 0 Å². The van der Waals surface area contributed by atoms with Gasteiger partial charge in [0, 0.05) is 17.7 Å². The molecule has 2 rings (SSSR count). The lowest BCUT2D eigenvalue weighted by Gasteiger charge is -2.11. The molecule has 2 aromatic rings. The van der Waals surface area contributed by atoms with E-state index in [0.717, 1.165) is 16.6 Å². The van der Waals surface area contributed by atoms with Gasteiger partial charge in [0.25, 0.3) is 0 Å². The Balaban J connectivity index is 2.27. The highest BCUT2D eigenvalue weighted by molar-refractivity contribution is 5.81. The monoisotopic (exact) mass is 257 g/mol. The number of aromatic amines is 1. The van der Waals surface area contributed by atoms with E-state index < -0.39 is 0 Å². The molecule has 0 aliphatic carbocycles. The van der Waals surface area contributed by atoms with Crippen LogP contribution < -0.4 is 4.74 Å². The number of rotatable bonds is 5. The summed E-state index contributed by atoms with van der Waals surface area (Å²) >= 11 is 0. The molecule has 2 heterocycles. The number of nitriles is 1. The van der Waals surface area contributed by atoms with Crippen LogP contribution in [0.1, 0.15) is 12.5 Å². The summed E-state index contributed by atoms with van der Waals surface area (Å²) in [5.74, 6) is 0.624. The summed E-state index contributed by atoms with van der Waals surface area (Å²) in [5, 5.41) is 18.4. The summed E-state index contributed by atoms with van der Waals surface area (Å²) in [5.41, 5.74) is 1.83. The molecule has 1 unspecified atom stereocenters. The lowest BCUT2D eigenvalue weighted by molar-refractivity contribution is 0.129. The molecule has 2 N–H and O–H groups in total. The van der Waals surface area contributed by atoms with Crippen LogP contribution in [-0.4, -0.2) is 27.8 Å². The summed E-state index contributed by atoms with van der Waals surface area (Å²) in [7, 11) is 0. The molecular weight excluding hydrogens is 242 g/mol. The minimum atomic E-state index is -0.264. The van der Waals surface area contributed by atoms with E-state index in [0.29, 0.717) is 12.2 Å². The van der Waals surface area contributed by atoms with Crippen LogP contribution in [0.15, 0.2) is 30.6 Å². The van der Waals surface area contributed by atoms with E-state index in [1.54, 1.807) is 19.2 Å². The standard InChI is InChI=1S/C14H15N3O2/c1-10(9-18)19-12-6-13-11(4-2-3-5-15)7-16-14(13)17-8-12/h2-3,6-8,10,18H,4,9H2,1H3,(H,16,17)/b3-2-. The predicted octanol–water partition coefficient (Wildman–Crippen LogP) is 1.94. The zero-order valence-electron chi connectivity index (χ0n) is 10.6. The molecule has 1 atom stereocenters. The van der Waals surface area contributed by atoms with Crippen molar-refractivity contribution in [2.45, 2.75) is 19.4 Å². The van der Waals surface area contributed by atoms with Crippen molar-refractivity contribution in [3.8, 4) is 11.8 Å². The highest BCUT2D eigenvalue weighted by Crippen LogP contribution is 2.22. The summed E-state index contributed by atoms with van der Waals surface area (Å²) < 4.78 is 5.52. The Hall–Kier alpha value is -2.32. The first kappa shape index (κ1) is 13.1. The second kappa shape index (κ2) is 6.03. The van der Waals surface area contributed by atoms with Crippen LogP contribution in [0.25, 0.3) is 11.0 Å². The quantitative estimate of drug-likeness (QED) is 0.802. The smallest absolute Gasteiger partial charge is 0.138 e. The SMILES string of the molecule is CC(CO)Oc1cnc2[nH]cc(C/C=C\C#N)c2c1. The van der Waals surface area contributed by atoms with Crippen LogP contribution in [0.2, 0.25) is 0 Å². The number of nitrogens with zero attached hydrogens (tertiary/aromatic N) is 2. The molecule has 5 heteroatoms. The van der Waals surface area contributed by atoms with Gasteiger partial charge in [0.05, 0.1) is 18.9 Å². The molecule has 0 radical (unpaired) electrons. The first-order valence-corrected chi connectivity index (χ1v) is 6.02. The number of aliphatic hydroxyl groups is 1. The van der Waals surface area contributed by atoms with Crippen molar-refractivity contribution < 1.29 is 9.84 Å².